The van der Waals surface area contributed by atoms with Crippen molar-refractivity contribution in [1.82, 2.24) is 14.6 Å². The lowest BCUT2D eigenvalue weighted by molar-refractivity contribution is 0.309. The van der Waals surface area contributed by atoms with Gasteiger partial charge in [0.1, 0.15) is 10.7 Å². The van der Waals surface area contributed by atoms with Crippen molar-refractivity contribution in [2.45, 2.75) is 23.4 Å². The molecule has 3 rings (SSSR count). The van der Waals surface area contributed by atoms with E-state index < -0.39 is 10.0 Å². The molecule has 1 aliphatic heterocycles. The number of sulfonamides is 1. The predicted molar refractivity (Wildman–Crippen MR) is 94.3 cm³/mol. The minimum atomic E-state index is -3.45. The molecule has 0 radical (unpaired) electrons. The number of benzene rings is 1. The lowest BCUT2D eigenvalue weighted by Crippen LogP contribution is -2.29. The van der Waals surface area contributed by atoms with Crippen molar-refractivity contribution in [3.63, 3.8) is 0 Å². The van der Waals surface area contributed by atoms with Gasteiger partial charge < -0.3 is 5.32 Å². The molecule has 2 aromatic rings. The van der Waals surface area contributed by atoms with E-state index in [1.54, 1.807) is 12.1 Å². The van der Waals surface area contributed by atoms with Crippen LogP contribution in [-0.2, 0) is 10.0 Å². The van der Waals surface area contributed by atoms with Crippen molar-refractivity contribution >= 4 is 15.8 Å². The molecule has 0 aliphatic carbocycles. The number of pyridine rings is 1. The van der Waals surface area contributed by atoms with Crippen molar-refractivity contribution in [1.29, 1.82) is 0 Å². The molecule has 6 nitrogen and oxygen atoms in total. The molecule has 1 aromatic carbocycles. The standard InChI is InChI=1S/C17H22N4O2S/c1-18-24(22,23)14-8-9-16(19-12-14)20-15-10-11-21(2)17(15)13-6-4-3-5-7-13/h3-9,12,15,17-18H,10-11H2,1-2H3,(H,19,20)/t15-,17+/m1/s1. The van der Waals surface area contributed by atoms with E-state index in [2.05, 4.69) is 39.1 Å². The molecule has 24 heavy (non-hydrogen) atoms. The van der Waals surface area contributed by atoms with Crippen molar-refractivity contribution < 1.29 is 8.42 Å². The Hall–Kier alpha value is -1.96. The molecule has 7 heteroatoms. The number of rotatable bonds is 5. The van der Waals surface area contributed by atoms with Gasteiger partial charge >= 0.3 is 0 Å². The first-order chi connectivity index (χ1) is 11.5. The van der Waals surface area contributed by atoms with E-state index >= 15 is 0 Å². The van der Waals surface area contributed by atoms with Crippen LogP contribution in [0.1, 0.15) is 18.0 Å². The van der Waals surface area contributed by atoms with Gasteiger partial charge in [-0.3, -0.25) is 4.90 Å². The van der Waals surface area contributed by atoms with Crippen LogP contribution in [-0.4, -0.2) is 45.0 Å². The van der Waals surface area contributed by atoms with Crippen LogP contribution in [0.25, 0.3) is 0 Å². The third kappa shape index (κ3) is 3.43. The van der Waals surface area contributed by atoms with Gasteiger partial charge in [-0.2, -0.15) is 0 Å². The lowest BCUT2D eigenvalue weighted by atomic mass is 10.0. The average Bonchev–Trinajstić information content (AvgIpc) is 2.96. The van der Waals surface area contributed by atoms with Crippen LogP contribution in [0.15, 0.2) is 53.6 Å². The summed E-state index contributed by atoms with van der Waals surface area (Å²) in [5, 5.41) is 3.45. The zero-order valence-corrected chi connectivity index (χ0v) is 14.6. The molecule has 1 saturated heterocycles. The first-order valence-corrected chi connectivity index (χ1v) is 9.41. The minimum absolute atomic E-state index is 0.165. The average molecular weight is 346 g/mol. The molecule has 0 amide bonds. The fraction of sp³-hybridized carbons (Fsp3) is 0.353. The second-order valence-corrected chi connectivity index (χ2v) is 7.85. The van der Waals surface area contributed by atoms with Gasteiger partial charge in [0.25, 0.3) is 0 Å². The smallest absolute Gasteiger partial charge is 0.241 e. The number of aromatic nitrogens is 1. The van der Waals surface area contributed by atoms with Gasteiger partial charge in [0.2, 0.25) is 10.0 Å². The Morgan fingerprint density at radius 1 is 1.17 bits per heavy atom. The van der Waals surface area contributed by atoms with E-state index in [0.29, 0.717) is 5.82 Å². The molecule has 0 spiro atoms. The summed E-state index contributed by atoms with van der Waals surface area (Å²) < 4.78 is 25.8. The van der Waals surface area contributed by atoms with Crippen molar-refractivity contribution in [3.05, 3.63) is 54.2 Å². The summed E-state index contributed by atoms with van der Waals surface area (Å²) in [7, 11) is 0.0564. The summed E-state index contributed by atoms with van der Waals surface area (Å²) in [6, 6.07) is 14.2. The first kappa shape index (κ1) is 16.9. The maximum Gasteiger partial charge on any atom is 0.241 e. The molecule has 1 aliphatic rings. The Labute approximate surface area is 143 Å². The van der Waals surface area contributed by atoms with E-state index in [1.807, 2.05) is 18.2 Å². The third-order valence-electron chi connectivity index (χ3n) is 4.44. The number of likely N-dealkylation sites (tertiary alicyclic amines) is 1. The normalized spacial score (nSPS) is 21.8. The quantitative estimate of drug-likeness (QED) is 0.864. The van der Waals surface area contributed by atoms with Gasteiger partial charge in [-0.05, 0) is 38.2 Å². The third-order valence-corrected chi connectivity index (χ3v) is 5.84. The van der Waals surface area contributed by atoms with Crippen molar-refractivity contribution in [2.24, 2.45) is 0 Å². The lowest BCUT2D eigenvalue weighted by Gasteiger charge is -2.26. The van der Waals surface area contributed by atoms with Crippen LogP contribution in [0.3, 0.4) is 0 Å². The Morgan fingerprint density at radius 2 is 1.92 bits per heavy atom. The molecule has 0 bridgehead atoms. The summed E-state index contributed by atoms with van der Waals surface area (Å²) in [4.78, 5) is 6.75. The fourth-order valence-corrected chi connectivity index (χ4v) is 3.84. The zero-order chi connectivity index (χ0) is 17.2. The van der Waals surface area contributed by atoms with Gasteiger partial charge in [-0.15, -0.1) is 0 Å². The zero-order valence-electron chi connectivity index (χ0n) is 13.8. The molecule has 2 atom stereocenters. The minimum Gasteiger partial charge on any atom is -0.365 e. The second-order valence-electron chi connectivity index (χ2n) is 5.96. The molecule has 0 unspecified atom stereocenters. The predicted octanol–water partition coefficient (Wildman–Crippen LogP) is 1.85. The fourth-order valence-electron chi connectivity index (χ4n) is 3.17. The van der Waals surface area contributed by atoms with E-state index in [-0.39, 0.29) is 17.0 Å². The van der Waals surface area contributed by atoms with Crippen LogP contribution < -0.4 is 10.0 Å². The summed E-state index contributed by atoms with van der Waals surface area (Å²) in [5.74, 6) is 0.686. The van der Waals surface area contributed by atoms with Crippen LogP contribution in [0.4, 0.5) is 5.82 Å². The molecule has 128 valence electrons. The summed E-state index contributed by atoms with van der Waals surface area (Å²) in [5.41, 5.74) is 1.27. The molecule has 1 fully saturated rings. The van der Waals surface area contributed by atoms with Gasteiger partial charge in [-0.1, -0.05) is 30.3 Å². The molecule has 2 heterocycles. The number of hydrogen-bond acceptors (Lipinski definition) is 5. The molecule has 2 N–H and O–H groups in total. The molecule has 1 aromatic heterocycles. The highest BCUT2D eigenvalue weighted by Crippen LogP contribution is 2.32. The molecular weight excluding hydrogens is 324 g/mol. The van der Waals surface area contributed by atoms with Gasteiger partial charge in [-0.25, -0.2) is 18.1 Å². The monoisotopic (exact) mass is 346 g/mol. The molecular formula is C17H22N4O2S. The van der Waals surface area contributed by atoms with E-state index in [4.69, 9.17) is 0 Å². The largest absolute Gasteiger partial charge is 0.365 e. The number of likely N-dealkylation sites (N-methyl/N-ethyl adjacent to an activating group) is 1. The van der Waals surface area contributed by atoms with Crippen molar-refractivity contribution in [2.75, 3.05) is 26.0 Å². The number of nitrogens with zero attached hydrogens (tertiary/aromatic N) is 2. The van der Waals surface area contributed by atoms with E-state index in [9.17, 15) is 8.42 Å². The van der Waals surface area contributed by atoms with Gasteiger partial charge in [0, 0.05) is 18.8 Å². The van der Waals surface area contributed by atoms with Crippen LogP contribution in [0.5, 0.6) is 0 Å². The Kier molecular flexibility index (Phi) is 4.84. The number of nitrogens with one attached hydrogen (secondary N) is 2. The Balaban J connectivity index is 1.78. The summed E-state index contributed by atoms with van der Waals surface area (Å²) >= 11 is 0. The van der Waals surface area contributed by atoms with E-state index in [1.165, 1.54) is 18.8 Å². The second kappa shape index (κ2) is 6.88. The van der Waals surface area contributed by atoms with Crippen LogP contribution in [0, 0.1) is 0 Å². The Morgan fingerprint density at radius 3 is 2.54 bits per heavy atom. The maximum atomic E-state index is 11.8. The van der Waals surface area contributed by atoms with Crippen molar-refractivity contribution in [3.8, 4) is 0 Å². The van der Waals surface area contributed by atoms with Crippen LogP contribution in [0.2, 0.25) is 0 Å². The number of anilines is 1. The molecule has 0 saturated carbocycles. The van der Waals surface area contributed by atoms with Gasteiger partial charge in [0.05, 0.1) is 6.04 Å². The highest BCUT2D eigenvalue weighted by Gasteiger charge is 2.33. The van der Waals surface area contributed by atoms with Crippen LogP contribution >= 0.6 is 0 Å². The first-order valence-electron chi connectivity index (χ1n) is 7.92. The summed E-state index contributed by atoms with van der Waals surface area (Å²) in [6.07, 6.45) is 2.39. The topological polar surface area (TPSA) is 74.3 Å². The van der Waals surface area contributed by atoms with Gasteiger partial charge in [0.15, 0.2) is 0 Å². The highest BCUT2D eigenvalue weighted by atomic mass is 32.2. The summed E-state index contributed by atoms with van der Waals surface area (Å²) in [6.45, 7) is 1.00. The highest BCUT2D eigenvalue weighted by molar-refractivity contribution is 7.89. The number of hydrogen-bond donors (Lipinski definition) is 2. The maximum absolute atomic E-state index is 11.8. The van der Waals surface area contributed by atoms with E-state index in [0.717, 1.165) is 13.0 Å². The SMILES string of the molecule is CNS(=O)(=O)c1ccc(N[C@@H]2CCN(C)[C@H]2c2ccccc2)nc1. The Bertz CT molecular complexity index is 778.